The molecule has 0 aliphatic carbocycles. The number of nitrogens with one attached hydrogen (secondary N) is 1. The normalized spacial score (nSPS) is 16.9. The number of pyridine rings is 1. The molecule has 0 radical (unpaired) electrons. The summed E-state index contributed by atoms with van der Waals surface area (Å²) in [6.45, 7) is 5.31. The molecule has 0 amide bonds. The number of benzene rings is 1. The van der Waals surface area contributed by atoms with Crippen molar-refractivity contribution in [3.05, 3.63) is 68.5 Å². The fourth-order valence-corrected chi connectivity index (χ4v) is 3.22. The first-order valence-electron chi connectivity index (χ1n) is 8.46. The van der Waals surface area contributed by atoms with Gasteiger partial charge in [0.1, 0.15) is 17.4 Å². The molecule has 0 bridgehead atoms. The summed E-state index contributed by atoms with van der Waals surface area (Å²) in [5.41, 5.74) is 7.47. The van der Waals surface area contributed by atoms with E-state index < -0.39 is 17.4 Å². The molecule has 0 unspecified atom stereocenters. The summed E-state index contributed by atoms with van der Waals surface area (Å²) >= 11 is 0. The molecule has 0 saturated heterocycles. The number of carbonyl (C=O) groups excluding carboxylic acids is 1. The second kappa shape index (κ2) is 7.00. The second-order valence-electron chi connectivity index (χ2n) is 6.26. The maximum Gasteiger partial charge on any atom is 0.338 e. The monoisotopic (exact) mass is 365 g/mol. The molecule has 1 aliphatic rings. The SMILES string of the molecule is CCOC(=O)C1=C(C)OC(N)=C(C#N)[C@@H]1c1cc2cc(C)ccc2[nH]c1=O. The van der Waals surface area contributed by atoms with Crippen LogP contribution in [0, 0.1) is 18.3 Å². The van der Waals surface area contributed by atoms with E-state index in [2.05, 4.69) is 4.98 Å². The Labute approximate surface area is 155 Å². The lowest BCUT2D eigenvalue weighted by Crippen LogP contribution is -2.29. The first-order valence-corrected chi connectivity index (χ1v) is 8.46. The molecule has 1 atom stereocenters. The minimum Gasteiger partial charge on any atom is -0.463 e. The number of hydrogen-bond acceptors (Lipinski definition) is 6. The number of aromatic nitrogens is 1. The van der Waals surface area contributed by atoms with Crippen LogP contribution in [0.25, 0.3) is 10.9 Å². The van der Waals surface area contributed by atoms with E-state index in [9.17, 15) is 14.9 Å². The first kappa shape index (κ1) is 18.3. The number of carbonyl (C=O) groups is 1. The summed E-state index contributed by atoms with van der Waals surface area (Å²) < 4.78 is 10.5. The number of aryl methyl sites for hydroxylation is 1. The van der Waals surface area contributed by atoms with Crippen LogP contribution in [0.4, 0.5) is 0 Å². The Kier molecular flexibility index (Phi) is 4.74. The van der Waals surface area contributed by atoms with E-state index >= 15 is 0 Å². The summed E-state index contributed by atoms with van der Waals surface area (Å²) in [7, 11) is 0. The van der Waals surface area contributed by atoms with Gasteiger partial charge in [0.05, 0.1) is 18.1 Å². The lowest BCUT2D eigenvalue weighted by atomic mass is 9.83. The van der Waals surface area contributed by atoms with Gasteiger partial charge in [-0.3, -0.25) is 4.79 Å². The van der Waals surface area contributed by atoms with Crippen LogP contribution < -0.4 is 11.3 Å². The number of rotatable bonds is 3. The molecule has 0 fully saturated rings. The van der Waals surface area contributed by atoms with Crippen LogP contribution in [0.2, 0.25) is 0 Å². The Balaban J connectivity index is 2.29. The predicted octanol–water partition coefficient (Wildman–Crippen LogP) is 2.48. The van der Waals surface area contributed by atoms with Crippen molar-refractivity contribution in [2.45, 2.75) is 26.7 Å². The number of H-pyrrole nitrogens is 1. The number of nitrogens with zero attached hydrogens (tertiary/aromatic N) is 1. The van der Waals surface area contributed by atoms with Crippen LogP contribution in [-0.4, -0.2) is 17.6 Å². The number of esters is 1. The highest BCUT2D eigenvalue weighted by molar-refractivity contribution is 5.93. The van der Waals surface area contributed by atoms with Crippen molar-refractivity contribution in [1.29, 1.82) is 5.26 Å². The van der Waals surface area contributed by atoms with E-state index in [1.54, 1.807) is 19.9 Å². The smallest absolute Gasteiger partial charge is 0.338 e. The number of fused-ring (bicyclic) bond motifs is 1. The van der Waals surface area contributed by atoms with Gasteiger partial charge in [-0.1, -0.05) is 11.6 Å². The Morgan fingerprint density at radius 3 is 2.78 bits per heavy atom. The van der Waals surface area contributed by atoms with Crippen LogP contribution in [0.5, 0.6) is 0 Å². The quantitative estimate of drug-likeness (QED) is 0.807. The van der Waals surface area contributed by atoms with Crippen LogP contribution in [0.15, 0.2) is 51.8 Å². The Hall–Kier alpha value is -3.53. The van der Waals surface area contributed by atoms with Gasteiger partial charge in [-0.25, -0.2) is 4.79 Å². The zero-order valence-electron chi connectivity index (χ0n) is 15.3. The number of ether oxygens (including phenoxy) is 2. The topological polar surface area (TPSA) is 118 Å². The minimum atomic E-state index is -0.962. The Bertz CT molecular complexity index is 1100. The molecule has 138 valence electrons. The van der Waals surface area contributed by atoms with Gasteiger partial charge in [0.15, 0.2) is 0 Å². The molecule has 2 heterocycles. The summed E-state index contributed by atoms with van der Waals surface area (Å²) in [5.74, 6) is -1.53. The van der Waals surface area contributed by atoms with E-state index in [-0.39, 0.29) is 35.0 Å². The van der Waals surface area contributed by atoms with Crippen molar-refractivity contribution < 1.29 is 14.3 Å². The van der Waals surface area contributed by atoms with E-state index in [1.165, 1.54) is 0 Å². The van der Waals surface area contributed by atoms with E-state index in [4.69, 9.17) is 15.2 Å². The fourth-order valence-electron chi connectivity index (χ4n) is 3.22. The highest BCUT2D eigenvalue weighted by Crippen LogP contribution is 2.38. The standard InChI is InChI=1S/C20H19N3O4/c1-4-26-20(25)16-11(3)27-18(22)14(9-21)17(16)13-8-12-7-10(2)5-6-15(12)23-19(13)24/h5-8,17H,4,22H2,1-3H3,(H,23,24)/t17-/m0/s1. The van der Waals surface area contributed by atoms with Gasteiger partial charge in [-0.05, 0) is 44.4 Å². The third kappa shape index (κ3) is 3.17. The molecule has 1 aromatic heterocycles. The summed E-state index contributed by atoms with van der Waals surface area (Å²) in [5, 5.41) is 10.4. The van der Waals surface area contributed by atoms with Gasteiger partial charge in [0.25, 0.3) is 5.56 Å². The molecule has 7 heteroatoms. The van der Waals surface area contributed by atoms with E-state index in [1.807, 2.05) is 31.2 Å². The molecule has 0 spiro atoms. The molecular weight excluding hydrogens is 346 g/mol. The van der Waals surface area contributed by atoms with Gasteiger partial charge >= 0.3 is 5.97 Å². The van der Waals surface area contributed by atoms with Gasteiger partial charge in [-0.15, -0.1) is 0 Å². The lowest BCUT2D eigenvalue weighted by Gasteiger charge is -2.26. The predicted molar refractivity (Wildman–Crippen MR) is 99.3 cm³/mol. The Morgan fingerprint density at radius 2 is 2.11 bits per heavy atom. The van der Waals surface area contributed by atoms with Crippen LogP contribution in [0.3, 0.4) is 0 Å². The van der Waals surface area contributed by atoms with Crippen molar-refractivity contribution >= 4 is 16.9 Å². The maximum absolute atomic E-state index is 12.8. The van der Waals surface area contributed by atoms with Crippen molar-refractivity contribution in [2.75, 3.05) is 6.61 Å². The lowest BCUT2D eigenvalue weighted by molar-refractivity contribution is -0.139. The zero-order chi connectivity index (χ0) is 19.7. The molecule has 1 aromatic carbocycles. The van der Waals surface area contributed by atoms with Crippen LogP contribution in [-0.2, 0) is 14.3 Å². The third-order valence-corrected chi connectivity index (χ3v) is 4.44. The van der Waals surface area contributed by atoms with Gasteiger partial charge < -0.3 is 20.2 Å². The third-order valence-electron chi connectivity index (χ3n) is 4.44. The van der Waals surface area contributed by atoms with Crippen molar-refractivity contribution in [3.8, 4) is 6.07 Å². The number of nitrogens with two attached hydrogens (primary N) is 1. The second-order valence-corrected chi connectivity index (χ2v) is 6.26. The fraction of sp³-hybridized carbons (Fsp3) is 0.250. The summed E-state index contributed by atoms with van der Waals surface area (Å²) in [6, 6.07) is 9.25. The highest BCUT2D eigenvalue weighted by atomic mass is 16.5. The van der Waals surface area contributed by atoms with Crippen LogP contribution in [0.1, 0.15) is 30.9 Å². The maximum atomic E-state index is 12.8. The molecule has 7 nitrogen and oxygen atoms in total. The molecule has 0 saturated carbocycles. The average molecular weight is 365 g/mol. The number of nitriles is 1. The van der Waals surface area contributed by atoms with Gasteiger partial charge in [0.2, 0.25) is 5.88 Å². The largest absolute Gasteiger partial charge is 0.463 e. The Morgan fingerprint density at radius 1 is 1.37 bits per heavy atom. The van der Waals surface area contributed by atoms with Crippen molar-refractivity contribution in [1.82, 2.24) is 4.98 Å². The molecular formula is C20H19N3O4. The zero-order valence-corrected chi connectivity index (χ0v) is 15.3. The van der Waals surface area contributed by atoms with E-state index in [0.717, 1.165) is 10.9 Å². The summed E-state index contributed by atoms with van der Waals surface area (Å²) in [6.07, 6.45) is 0. The number of hydrogen-bond donors (Lipinski definition) is 2. The van der Waals surface area contributed by atoms with E-state index in [0.29, 0.717) is 5.52 Å². The molecule has 3 N–H and O–H groups in total. The summed E-state index contributed by atoms with van der Waals surface area (Å²) in [4.78, 5) is 28.1. The minimum absolute atomic E-state index is 0.00107. The number of allylic oxidation sites excluding steroid dienone is 2. The first-order chi connectivity index (χ1) is 12.9. The molecule has 1 aliphatic heterocycles. The molecule has 3 rings (SSSR count). The van der Waals surface area contributed by atoms with Gasteiger partial charge in [-0.2, -0.15) is 5.26 Å². The average Bonchev–Trinajstić information content (AvgIpc) is 2.61. The molecule has 27 heavy (non-hydrogen) atoms. The number of aromatic amines is 1. The molecule has 2 aromatic rings. The van der Waals surface area contributed by atoms with Crippen molar-refractivity contribution in [2.24, 2.45) is 5.73 Å². The highest BCUT2D eigenvalue weighted by Gasteiger charge is 2.37. The van der Waals surface area contributed by atoms with Crippen LogP contribution >= 0.6 is 0 Å². The van der Waals surface area contributed by atoms with Crippen molar-refractivity contribution in [3.63, 3.8) is 0 Å². The van der Waals surface area contributed by atoms with Gasteiger partial charge in [0, 0.05) is 11.1 Å².